The van der Waals surface area contributed by atoms with Crippen molar-refractivity contribution in [1.29, 1.82) is 5.41 Å². The number of nitrogens with one attached hydrogen (secondary N) is 5. The first-order valence-corrected chi connectivity index (χ1v) is 23.2. The van der Waals surface area contributed by atoms with Gasteiger partial charge in [0.1, 0.15) is 12.1 Å². The third-order valence-corrected chi connectivity index (χ3v) is 14.4. The summed E-state index contributed by atoms with van der Waals surface area (Å²) in [5.41, 5.74) is 6.44. The quantitative estimate of drug-likeness (QED) is 0.0193. The molecule has 0 aromatic heterocycles. The SMILES string of the molecule is CC(CCCCN)NC(=O)C(Cc1ccccc1)NC(=O)C(C)NC(=O)CCCCCN1C(=O)CC(SCCCC(=N)NCCC(O)(P(=O)(O)O)P(=O)(O)O)C1=O. The number of unbranched alkanes of at least 4 members (excludes halogenated alkanes) is 3. The lowest BCUT2D eigenvalue weighted by atomic mass is 10.0. The maximum Gasteiger partial charge on any atom is 0.369 e. The molecule has 0 spiro atoms. The van der Waals surface area contributed by atoms with Gasteiger partial charge in [-0.15, -0.1) is 11.8 Å². The predicted octanol–water partition coefficient (Wildman–Crippen LogP) is 1.01. The lowest BCUT2D eigenvalue weighted by molar-refractivity contribution is -0.138. The van der Waals surface area contributed by atoms with Crippen molar-refractivity contribution < 1.29 is 57.8 Å². The molecule has 5 amide bonds. The molecule has 1 aliphatic rings. The highest BCUT2D eigenvalue weighted by Crippen LogP contribution is 2.68. The molecule has 12 N–H and O–H groups in total. The minimum atomic E-state index is -5.59. The fraction of sp³-hybridized carbons (Fsp3) is 0.657. The van der Waals surface area contributed by atoms with Gasteiger partial charge in [-0.2, -0.15) is 0 Å². The Morgan fingerprint density at radius 3 is 2.23 bits per heavy atom. The van der Waals surface area contributed by atoms with E-state index < -0.39 is 56.5 Å². The van der Waals surface area contributed by atoms with E-state index in [0.29, 0.717) is 38.0 Å². The summed E-state index contributed by atoms with van der Waals surface area (Å²) in [6.45, 7) is 3.71. The molecule has 22 heteroatoms. The lowest BCUT2D eigenvalue weighted by Crippen LogP contribution is -2.54. The number of aliphatic hydroxyl groups is 1. The van der Waals surface area contributed by atoms with Gasteiger partial charge in [-0.3, -0.25) is 43.4 Å². The van der Waals surface area contributed by atoms with Crippen molar-refractivity contribution in [3.8, 4) is 0 Å². The summed E-state index contributed by atoms with van der Waals surface area (Å²) < 4.78 is 22.9. The second kappa shape index (κ2) is 24.0. The average molecular weight is 864 g/mol. The van der Waals surface area contributed by atoms with Gasteiger partial charge in [0.15, 0.2) is 0 Å². The van der Waals surface area contributed by atoms with Gasteiger partial charge in [0.25, 0.3) is 5.08 Å². The van der Waals surface area contributed by atoms with Crippen LogP contribution in [0.4, 0.5) is 0 Å². The summed E-state index contributed by atoms with van der Waals surface area (Å²) in [6, 6.07) is 7.43. The molecule has 1 heterocycles. The molecule has 1 aromatic rings. The van der Waals surface area contributed by atoms with E-state index in [1.54, 1.807) is 0 Å². The second-order valence-electron chi connectivity index (χ2n) is 14.1. The topological polar surface area (TPSA) is 322 Å². The number of nitrogens with two attached hydrogens (primary N) is 1. The van der Waals surface area contributed by atoms with Crippen LogP contribution >= 0.6 is 27.0 Å². The minimum Gasteiger partial charge on any atom is -0.374 e. The molecule has 0 radical (unpaired) electrons. The third-order valence-electron chi connectivity index (χ3n) is 9.28. The molecule has 1 saturated heterocycles. The number of carbonyl (C=O) groups is 5. The first-order chi connectivity index (χ1) is 26.7. The number of likely N-dealkylation sites (tertiary alicyclic amines) is 1. The largest absolute Gasteiger partial charge is 0.374 e. The van der Waals surface area contributed by atoms with Crippen molar-refractivity contribution in [2.75, 3.05) is 25.4 Å². The predicted molar refractivity (Wildman–Crippen MR) is 215 cm³/mol. The molecule has 0 saturated carbocycles. The summed E-state index contributed by atoms with van der Waals surface area (Å²) in [5, 5.41) is 24.5. The number of nitrogens with zero attached hydrogens (tertiary/aromatic N) is 1. The Morgan fingerprint density at radius 1 is 0.930 bits per heavy atom. The maximum atomic E-state index is 13.2. The fourth-order valence-electron chi connectivity index (χ4n) is 5.90. The molecule has 0 bridgehead atoms. The smallest absolute Gasteiger partial charge is 0.369 e. The highest BCUT2D eigenvalue weighted by atomic mass is 32.2. The Bertz CT molecular complexity index is 1590. The maximum absolute atomic E-state index is 13.2. The Morgan fingerprint density at radius 2 is 1.60 bits per heavy atom. The van der Waals surface area contributed by atoms with Crippen LogP contribution in [0.25, 0.3) is 0 Å². The van der Waals surface area contributed by atoms with E-state index in [-0.39, 0.29) is 67.7 Å². The van der Waals surface area contributed by atoms with Crippen molar-refractivity contribution in [1.82, 2.24) is 26.2 Å². The van der Waals surface area contributed by atoms with Crippen molar-refractivity contribution in [3.63, 3.8) is 0 Å². The van der Waals surface area contributed by atoms with Crippen LogP contribution in [0.15, 0.2) is 30.3 Å². The zero-order valence-electron chi connectivity index (χ0n) is 32.4. The van der Waals surface area contributed by atoms with Crippen LogP contribution in [0, 0.1) is 5.41 Å². The van der Waals surface area contributed by atoms with Crippen LogP contribution in [-0.4, -0.2) is 119 Å². The van der Waals surface area contributed by atoms with E-state index in [2.05, 4.69) is 21.3 Å². The number of rotatable bonds is 27. The second-order valence-corrected chi connectivity index (χ2v) is 19.4. The van der Waals surface area contributed by atoms with E-state index in [9.17, 15) is 57.8 Å². The van der Waals surface area contributed by atoms with Crippen molar-refractivity contribution in [2.24, 2.45) is 5.73 Å². The normalized spacial score (nSPS) is 16.5. The highest BCUT2D eigenvalue weighted by molar-refractivity contribution is 8.00. The van der Waals surface area contributed by atoms with Gasteiger partial charge in [0, 0.05) is 51.2 Å². The molecular weight excluding hydrogens is 804 g/mol. The Labute approximate surface area is 337 Å². The molecule has 4 atom stereocenters. The number of amides is 5. The van der Waals surface area contributed by atoms with Gasteiger partial charge in [0.2, 0.25) is 29.5 Å². The zero-order chi connectivity index (χ0) is 42.8. The number of imide groups is 1. The van der Waals surface area contributed by atoms with Gasteiger partial charge in [-0.25, -0.2) is 0 Å². The number of thioether (sulfide) groups is 1. The van der Waals surface area contributed by atoms with Crippen LogP contribution in [0.2, 0.25) is 0 Å². The molecule has 1 aliphatic heterocycles. The summed E-state index contributed by atoms with van der Waals surface area (Å²) in [7, 11) is -11.2. The standard InChI is InChI=1S/C35H59N7O12P2S/c1-24(12-8-9-18-36)39-33(46)27(22-26-13-5-3-6-14-26)41-32(45)25(2)40-30(43)16-7-4-10-20-42-31(44)23-28(34(42)47)57-21-11-15-29(37)38-19-17-35(48,55(49,50)51)56(52,53)54/h3,5-6,13-14,24-25,27-28,48H,4,7-12,15-23,36H2,1-2H3,(H2,37,38)(H,39,46)(H,40,43)(H,41,45)(H2,49,50,51)(H2,52,53,54). The highest BCUT2D eigenvalue weighted by Gasteiger charge is 2.58. The van der Waals surface area contributed by atoms with Crippen LogP contribution in [0.1, 0.15) is 90.0 Å². The number of hydrogen-bond acceptors (Lipinski definition) is 11. The van der Waals surface area contributed by atoms with Crippen LogP contribution in [0.5, 0.6) is 0 Å². The first-order valence-electron chi connectivity index (χ1n) is 18.9. The van der Waals surface area contributed by atoms with Gasteiger partial charge in [0.05, 0.1) is 11.1 Å². The molecule has 4 unspecified atom stereocenters. The average Bonchev–Trinajstić information content (AvgIpc) is 3.39. The molecule has 57 heavy (non-hydrogen) atoms. The minimum absolute atomic E-state index is 0.0204. The lowest BCUT2D eigenvalue weighted by Gasteiger charge is -2.29. The number of benzene rings is 1. The van der Waals surface area contributed by atoms with Gasteiger partial charge in [-0.05, 0) is 63.8 Å². The summed E-state index contributed by atoms with van der Waals surface area (Å²) >= 11 is 1.25. The van der Waals surface area contributed by atoms with E-state index in [1.807, 2.05) is 37.3 Å². The Balaban J connectivity index is 1.71. The van der Waals surface area contributed by atoms with Crippen LogP contribution in [-0.2, 0) is 39.5 Å². The van der Waals surface area contributed by atoms with Crippen molar-refractivity contribution >= 4 is 62.3 Å². The number of carbonyl (C=O) groups excluding carboxylic acids is 5. The number of amidine groups is 1. The molecule has 19 nitrogen and oxygen atoms in total. The first kappa shape index (κ1) is 50.0. The molecule has 322 valence electrons. The monoisotopic (exact) mass is 863 g/mol. The molecular formula is C35H59N7O12P2S. The van der Waals surface area contributed by atoms with E-state index in [1.165, 1.54) is 23.6 Å². The van der Waals surface area contributed by atoms with E-state index in [4.69, 9.17) is 11.1 Å². The summed E-state index contributed by atoms with van der Waals surface area (Å²) in [6.07, 6.45) is 3.85. The van der Waals surface area contributed by atoms with E-state index in [0.717, 1.165) is 24.8 Å². The van der Waals surface area contributed by atoms with Crippen molar-refractivity contribution in [2.45, 2.75) is 119 Å². The fourth-order valence-corrected chi connectivity index (χ4v) is 9.19. The Kier molecular flexibility index (Phi) is 21.1. The van der Waals surface area contributed by atoms with Crippen molar-refractivity contribution in [3.05, 3.63) is 35.9 Å². The molecule has 2 rings (SSSR count). The summed E-state index contributed by atoms with van der Waals surface area (Å²) in [5.74, 6) is -1.52. The molecule has 0 aliphatic carbocycles. The number of hydrogen-bond donors (Lipinski definition) is 11. The zero-order valence-corrected chi connectivity index (χ0v) is 35.0. The molecule has 1 fully saturated rings. The van der Waals surface area contributed by atoms with Crippen LogP contribution in [0.3, 0.4) is 0 Å². The third kappa shape index (κ3) is 16.9. The summed E-state index contributed by atoms with van der Waals surface area (Å²) in [4.78, 5) is 102. The van der Waals surface area contributed by atoms with Crippen LogP contribution < -0.4 is 27.0 Å². The van der Waals surface area contributed by atoms with Gasteiger partial charge >= 0.3 is 15.2 Å². The molecule has 1 aromatic carbocycles. The van der Waals surface area contributed by atoms with Gasteiger partial charge < -0.3 is 51.7 Å². The van der Waals surface area contributed by atoms with E-state index >= 15 is 0 Å². The van der Waals surface area contributed by atoms with Gasteiger partial charge in [-0.1, -0.05) is 43.2 Å². The Hall–Kier alpha value is -3.19.